The summed E-state index contributed by atoms with van der Waals surface area (Å²) in [5, 5.41) is 0. The van der Waals surface area contributed by atoms with Gasteiger partial charge in [0.2, 0.25) is 0 Å². The maximum absolute atomic E-state index is 13.4. The molecule has 2 rings (SSSR count). The summed E-state index contributed by atoms with van der Waals surface area (Å²) in [5.74, 6) is -1.49. The number of carbonyl (C=O) groups is 2. The minimum absolute atomic E-state index is 0.0352. The number of hydrogen-bond acceptors (Lipinski definition) is 5. The Kier molecular flexibility index (Phi) is 5.36. The van der Waals surface area contributed by atoms with Crippen molar-refractivity contribution in [3.8, 4) is 11.5 Å². The van der Waals surface area contributed by atoms with E-state index < -0.39 is 17.7 Å². The van der Waals surface area contributed by atoms with E-state index in [9.17, 15) is 14.0 Å². The molecule has 2 aromatic carbocycles. The lowest BCUT2D eigenvalue weighted by atomic mass is 10.1. The second-order valence-corrected chi connectivity index (χ2v) is 4.78. The molecule has 0 radical (unpaired) electrons. The lowest BCUT2D eigenvalue weighted by Crippen LogP contribution is -2.14. The number of rotatable bonds is 6. The van der Waals surface area contributed by atoms with Crippen molar-refractivity contribution in [2.45, 2.75) is 6.61 Å². The van der Waals surface area contributed by atoms with Crippen LogP contribution >= 0.6 is 0 Å². The first-order chi connectivity index (χ1) is 11.5. The van der Waals surface area contributed by atoms with Crippen LogP contribution in [0.1, 0.15) is 26.3 Å². The van der Waals surface area contributed by atoms with Gasteiger partial charge in [0.25, 0.3) is 5.91 Å². The lowest BCUT2D eigenvalue weighted by molar-refractivity contribution is 0.0597. The van der Waals surface area contributed by atoms with E-state index in [0.717, 1.165) is 6.07 Å². The number of hydrogen-bond donors (Lipinski definition) is 1. The molecule has 0 aliphatic rings. The van der Waals surface area contributed by atoms with Gasteiger partial charge in [0.1, 0.15) is 12.4 Å². The average molecular weight is 333 g/mol. The second kappa shape index (κ2) is 7.45. The Bertz CT molecular complexity index is 776. The smallest absolute Gasteiger partial charge is 0.338 e. The predicted molar refractivity (Wildman–Crippen MR) is 83.6 cm³/mol. The van der Waals surface area contributed by atoms with E-state index in [2.05, 4.69) is 4.74 Å². The van der Waals surface area contributed by atoms with Gasteiger partial charge < -0.3 is 19.9 Å². The highest BCUT2D eigenvalue weighted by atomic mass is 19.1. The highest BCUT2D eigenvalue weighted by molar-refractivity contribution is 5.96. The molecule has 0 saturated heterocycles. The predicted octanol–water partition coefficient (Wildman–Crippen LogP) is 2.30. The third-order valence-electron chi connectivity index (χ3n) is 3.31. The van der Waals surface area contributed by atoms with Gasteiger partial charge in [0.15, 0.2) is 11.5 Å². The van der Waals surface area contributed by atoms with Gasteiger partial charge in [-0.2, -0.15) is 0 Å². The quantitative estimate of drug-likeness (QED) is 0.820. The summed E-state index contributed by atoms with van der Waals surface area (Å²) in [6.45, 7) is -0.106. The fraction of sp³-hybridized carbons (Fsp3) is 0.176. The molecular formula is C17H16FNO5. The molecule has 0 aliphatic carbocycles. The largest absolute Gasteiger partial charge is 0.493 e. The fourth-order valence-corrected chi connectivity index (χ4v) is 2.14. The summed E-state index contributed by atoms with van der Waals surface area (Å²) in [6, 6.07) is 8.36. The SMILES string of the molecule is COC(=O)c1cc(F)ccc1COc1c(OC)cccc1C(N)=O. The van der Waals surface area contributed by atoms with Crippen molar-refractivity contribution in [3.05, 3.63) is 58.9 Å². The van der Waals surface area contributed by atoms with Gasteiger partial charge in [-0.1, -0.05) is 12.1 Å². The number of amides is 1. The molecule has 2 N–H and O–H groups in total. The molecule has 0 spiro atoms. The number of ether oxygens (including phenoxy) is 3. The molecule has 0 saturated carbocycles. The fourth-order valence-electron chi connectivity index (χ4n) is 2.14. The highest BCUT2D eigenvalue weighted by Crippen LogP contribution is 2.31. The number of methoxy groups -OCH3 is 2. The maximum atomic E-state index is 13.4. The average Bonchev–Trinajstić information content (AvgIpc) is 2.59. The number of nitrogens with two attached hydrogens (primary N) is 1. The minimum atomic E-state index is -0.691. The number of benzene rings is 2. The molecule has 6 nitrogen and oxygen atoms in total. The molecule has 0 aromatic heterocycles. The molecule has 0 heterocycles. The van der Waals surface area contributed by atoms with E-state index in [1.165, 1.54) is 32.4 Å². The van der Waals surface area contributed by atoms with Crippen molar-refractivity contribution in [2.75, 3.05) is 14.2 Å². The molecule has 1 amide bonds. The van der Waals surface area contributed by atoms with Gasteiger partial charge in [-0.15, -0.1) is 0 Å². The third kappa shape index (κ3) is 3.62. The molecular weight excluding hydrogens is 317 g/mol. The summed E-state index contributed by atoms with van der Waals surface area (Å²) in [4.78, 5) is 23.3. The van der Waals surface area contributed by atoms with Gasteiger partial charge in [0, 0.05) is 5.56 Å². The third-order valence-corrected chi connectivity index (χ3v) is 3.31. The van der Waals surface area contributed by atoms with Crippen molar-refractivity contribution in [2.24, 2.45) is 5.73 Å². The minimum Gasteiger partial charge on any atom is -0.493 e. The van der Waals surface area contributed by atoms with Crippen LogP contribution in [0.5, 0.6) is 11.5 Å². The van der Waals surface area contributed by atoms with Crippen LogP contribution in [0, 0.1) is 5.82 Å². The van der Waals surface area contributed by atoms with Crippen LogP contribution < -0.4 is 15.2 Å². The molecule has 24 heavy (non-hydrogen) atoms. The monoisotopic (exact) mass is 333 g/mol. The number of halogens is 1. The molecule has 0 unspecified atom stereocenters. The number of primary amides is 1. The van der Waals surface area contributed by atoms with Gasteiger partial charge >= 0.3 is 5.97 Å². The molecule has 0 bridgehead atoms. The van der Waals surface area contributed by atoms with Crippen LogP contribution in [0.4, 0.5) is 4.39 Å². The first-order valence-electron chi connectivity index (χ1n) is 6.94. The number of carbonyl (C=O) groups excluding carboxylic acids is 2. The van der Waals surface area contributed by atoms with E-state index in [1.54, 1.807) is 12.1 Å². The zero-order valence-electron chi connectivity index (χ0n) is 13.2. The lowest BCUT2D eigenvalue weighted by Gasteiger charge is -2.15. The van der Waals surface area contributed by atoms with Crippen molar-refractivity contribution in [1.82, 2.24) is 0 Å². The van der Waals surface area contributed by atoms with Crippen molar-refractivity contribution in [1.29, 1.82) is 0 Å². The summed E-state index contributed by atoms with van der Waals surface area (Å²) in [6.07, 6.45) is 0. The zero-order chi connectivity index (χ0) is 17.7. The first kappa shape index (κ1) is 17.3. The Labute approximate surface area is 137 Å². The highest BCUT2D eigenvalue weighted by Gasteiger charge is 2.18. The van der Waals surface area contributed by atoms with E-state index in [1.807, 2.05) is 0 Å². The standard InChI is InChI=1S/C17H16FNO5/c1-22-14-5-3-4-12(16(19)20)15(14)24-9-10-6-7-11(18)8-13(10)17(21)23-2/h3-8H,9H2,1-2H3,(H2,19,20). The van der Waals surface area contributed by atoms with E-state index in [-0.39, 0.29) is 23.5 Å². The summed E-state index contributed by atoms with van der Waals surface area (Å²) < 4.78 is 28.8. The zero-order valence-corrected chi connectivity index (χ0v) is 13.2. The van der Waals surface area contributed by atoms with Crippen LogP contribution in [0.15, 0.2) is 36.4 Å². The number of para-hydroxylation sites is 1. The van der Waals surface area contributed by atoms with Crippen LogP contribution in [-0.2, 0) is 11.3 Å². The normalized spacial score (nSPS) is 10.1. The van der Waals surface area contributed by atoms with Gasteiger partial charge in [0.05, 0.1) is 25.3 Å². The summed E-state index contributed by atoms with van der Waals surface area (Å²) in [7, 11) is 2.62. The number of esters is 1. The van der Waals surface area contributed by atoms with E-state index in [0.29, 0.717) is 11.3 Å². The molecule has 7 heteroatoms. The topological polar surface area (TPSA) is 87.8 Å². The summed E-state index contributed by atoms with van der Waals surface area (Å²) in [5.41, 5.74) is 5.89. The van der Waals surface area contributed by atoms with Crippen molar-refractivity contribution < 1.29 is 28.2 Å². The van der Waals surface area contributed by atoms with Gasteiger partial charge in [-0.25, -0.2) is 9.18 Å². The maximum Gasteiger partial charge on any atom is 0.338 e. The van der Waals surface area contributed by atoms with Crippen LogP contribution in [-0.4, -0.2) is 26.1 Å². The Hall–Kier alpha value is -3.09. The Morgan fingerprint density at radius 1 is 1.12 bits per heavy atom. The molecule has 2 aromatic rings. The summed E-state index contributed by atoms with van der Waals surface area (Å²) >= 11 is 0. The van der Waals surface area contributed by atoms with Crippen molar-refractivity contribution in [3.63, 3.8) is 0 Å². The Balaban J connectivity index is 2.35. The molecule has 126 valence electrons. The van der Waals surface area contributed by atoms with Crippen molar-refractivity contribution >= 4 is 11.9 Å². The Morgan fingerprint density at radius 2 is 1.88 bits per heavy atom. The van der Waals surface area contributed by atoms with Crippen LogP contribution in [0.2, 0.25) is 0 Å². The van der Waals surface area contributed by atoms with Gasteiger partial charge in [-0.3, -0.25) is 4.79 Å². The first-order valence-corrected chi connectivity index (χ1v) is 6.94. The van der Waals surface area contributed by atoms with Crippen LogP contribution in [0.25, 0.3) is 0 Å². The van der Waals surface area contributed by atoms with E-state index in [4.69, 9.17) is 15.2 Å². The van der Waals surface area contributed by atoms with Gasteiger partial charge in [-0.05, 0) is 24.3 Å². The second-order valence-electron chi connectivity index (χ2n) is 4.78. The molecule has 0 atom stereocenters. The molecule has 0 fully saturated rings. The Morgan fingerprint density at radius 3 is 2.50 bits per heavy atom. The molecule has 0 aliphatic heterocycles. The van der Waals surface area contributed by atoms with Crippen LogP contribution in [0.3, 0.4) is 0 Å². The van der Waals surface area contributed by atoms with E-state index >= 15 is 0 Å².